The Kier molecular flexibility index (Phi) is 6.27. The third kappa shape index (κ3) is 5.42. The van der Waals surface area contributed by atoms with Crippen LogP contribution in [0.25, 0.3) is 0 Å². The second-order valence-electron chi connectivity index (χ2n) is 7.10. The first-order valence-corrected chi connectivity index (χ1v) is 9.42. The highest BCUT2D eigenvalue weighted by molar-refractivity contribution is 5.79. The number of aryl methyl sites for hydroxylation is 2. The van der Waals surface area contributed by atoms with Crippen LogP contribution in [0.1, 0.15) is 24.0 Å². The van der Waals surface area contributed by atoms with Gasteiger partial charge < -0.3 is 14.4 Å². The fourth-order valence-corrected chi connectivity index (χ4v) is 3.43. The Morgan fingerprint density at radius 1 is 0.926 bits per heavy atom. The minimum absolute atomic E-state index is 0.0942. The summed E-state index contributed by atoms with van der Waals surface area (Å²) in [7, 11) is 1.94. The molecule has 1 aromatic heterocycles. The summed E-state index contributed by atoms with van der Waals surface area (Å²) in [6.45, 7) is 2.52. The van der Waals surface area contributed by atoms with Gasteiger partial charge in [0.05, 0.1) is 6.42 Å². The second kappa shape index (κ2) is 8.84. The lowest BCUT2D eigenvalue weighted by Gasteiger charge is -2.22. The predicted octanol–water partition coefficient (Wildman–Crippen LogP) is 2.40. The molecule has 1 aliphatic rings. The molecule has 1 aliphatic heterocycles. The van der Waals surface area contributed by atoms with Gasteiger partial charge in [-0.05, 0) is 42.2 Å². The number of rotatable bonds is 5. The van der Waals surface area contributed by atoms with Crippen molar-refractivity contribution < 1.29 is 14.0 Å². The van der Waals surface area contributed by atoms with Crippen molar-refractivity contribution >= 4 is 11.8 Å². The number of hydrogen-bond donors (Lipinski definition) is 0. The van der Waals surface area contributed by atoms with Crippen molar-refractivity contribution in [1.82, 2.24) is 14.4 Å². The molecule has 1 fully saturated rings. The lowest BCUT2D eigenvalue weighted by molar-refractivity contribution is -0.133. The van der Waals surface area contributed by atoms with Gasteiger partial charge in [-0.3, -0.25) is 9.59 Å². The third-order valence-corrected chi connectivity index (χ3v) is 4.99. The van der Waals surface area contributed by atoms with Crippen LogP contribution < -0.4 is 0 Å². The molecular weight excluding hydrogens is 345 g/mol. The maximum atomic E-state index is 13.0. The normalized spacial score (nSPS) is 14.9. The van der Waals surface area contributed by atoms with E-state index >= 15 is 0 Å². The fraction of sp³-hybridized carbons (Fsp3) is 0.429. The Hall–Kier alpha value is -2.63. The van der Waals surface area contributed by atoms with E-state index in [9.17, 15) is 14.0 Å². The van der Waals surface area contributed by atoms with Gasteiger partial charge in [0.15, 0.2) is 0 Å². The molecule has 0 aliphatic carbocycles. The molecule has 0 unspecified atom stereocenters. The standard InChI is InChI=1S/C21H26FN3O2/c1-23-12-9-18(16-23)15-21(27)25-11-2-10-24(13-14-25)20(26)8-5-17-3-6-19(22)7-4-17/h3-4,6-7,9,12,16H,2,5,8,10-11,13-15H2,1H3. The van der Waals surface area contributed by atoms with E-state index in [-0.39, 0.29) is 17.6 Å². The summed E-state index contributed by atoms with van der Waals surface area (Å²) in [5.41, 5.74) is 1.97. The van der Waals surface area contributed by atoms with Crippen molar-refractivity contribution in [2.45, 2.75) is 25.7 Å². The van der Waals surface area contributed by atoms with Gasteiger partial charge in [-0.15, -0.1) is 0 Å². The van der Waals surface area contributed by atoms with Gasteiger partial charge in [-0.25, -0.2) is 4.39 Å². The largest absolute Gasteiger partial charge is 0.357 e. The van der Waals surface area contributed by atoms with Gasteiger partial charge >= 0.3 is 0 Å². The van der Waals surface area contributed by atoms with Crippen LogP contribution in [0.5, 0.6) is 0 Å². The topological polar surface area (TPSA) is 45.6 Å². The van der Waals surface area contributed by atoms with E-state index in [1.807, 2.05) is 39.9 Å². The molecule has 2 heterocycles. The Bertz CT molecular complexity index is 785. The van der Waals surface area contributed by atoms with E-state index in [1.54, 1.807) is 12.1 Å². The van der Waals surface area contributed by atoms with Gasteiger partial charge in [0.1, 0.15) is 5.82 Å². The number of amides is 2. The van der Waals surface area contributed by atoms with Crippen LogP contribution in [0.15, 0.2) is 42.7 Å². The van der Waals surface area contributed by atoms with Crippen LogP contribution in [-0.2, 0) is 29.5 Å². The lowest BCUT2D eigenvalue weighted by Crippen LogP contribution is -2.38. The Labute approximate surface area is 159 Å². The summed E-state index contributed by atoms with van der Waals surface area (Å²) in [4.78, 5) is 28.7. The summed E-state index contributed by atoms with van der Waals surface area (Å²) in [5, 5.41) is 0. The Morgan fingerprint density at radius 2 is 1.59 bits per heavy atom. The Balaban J connectivity index is 1.47. The second-order valence-corrected chi connectivity index (χ2v) is 7.10. The number of nitrogens with zero attached hydrogens (tertiary/aromatic N) is 3. The molecule has 1 saturated heterocycles. The number of carbonyl (C=O) groups is 2. The first-order chi connectivity index (χ1) is 13.0. The summed E-state index contributed by atoms with van der Waals surface area (Å²) in [6, 6.07) is 8.23. The molecule has 27 heavy (non-hydrogen) atoms. The quantitative estimate of drug-likeness (QED) is 0.810. The highest BCUT2D eigenvalue weighted by Crippen LogP contribution is 2.11. The average Bonchev–Trinajstić information content (AvgIpc) is 2.92. The molecule has 0 spiro atoms. The summed E-state index contributed by atoms with van der Waals surface area (Å²) >= 11 is 0. The predicted molar refractivity (Wildman–Crippen MR) is 102 cm³/mol. The SMILES string of the molecule is Cn1ccc(CC(=O)N2CCCN(C(=O)CCc3ccc(F)cc3)CC2)c1. The average molecular weight is 371 g/mol. The van der Waals surface area contributed by atoms with Gasteiger partial charge in [-0.1, -0.05) is 12.1 Å². The maximum Gasteiger partial charge on any atom is 0.227 e. The van der Waals surface area contributed by atoms with Crippen molar-refractivity contribution in [2.75, 3.05) is 26.2 Å². The van der Waals surface area contributed by atoms with E-state index in [2.05, 4.69) is 0 Å². The number of aromatic nitrogens is 1. The van der Waals surface area contributed by atoms with Crippen LogP contribution in [-0.4, -0.2) is 52.4 Å². The first-order valence-electron chi connectivity index (χ1n) is 9.42. The third-order valence-electron chi connectivity index (χ3n) is 4.99. The van der Waals surface area contributed by atoms with E-state index in [0.29, 0.717) is 45.4 Å². The number of hydrogen-bond acceptors (Lipinski definition) is 2. The van der Waals surface area contributed by atoms with Crippen molar-refractivity contribution in [2.24, 2.45) is 7.05 Å². The van der Waals surface area contributed by atoms with E-state index in [4.69, 9.17) is 0 Å². The molecular formula is C21H26FN3O2. The number of benzene rings is 1. The molecule has 0 N–H and O–H groups in total. The zero-order valence-corrected chi connectivity index (χ0v) is 15.7. The summed E-state index contributed by atoms with van der Waals surface area (Å²) in [6.07, 6.45) is 6.10. The van der Waals surface area contributed by atoms with Crippen LogP contribution in [0.3, 0.4) is 0 Å². The van der Waals surface area contributed by atoms with Crippen molar-refractivity contribution in [3.63, 3.8) is 0 Å². The van der Waals surface area contributed by atoms with Crippen LogP contribution >= 0.6 is 0 Å². The van der Waals surface area contributed by atoms with Crippen LogP contribution in [0.2, 0.25) is 0 Å². The molecule has 144 valence electrons. The zero-order valence-electron chi connectivity index (χ0n) is 15.7. The smallest absolute Gasteiger partial charge is 0.227 e. The molecule has 5 nitrogen and oxygen atoms in total. The Morgan fingerprint density at radius 3 is 2.22 bits per heavy atom. The molecule has 2 amide bonds. The minimum Gasteiger partial charge on any atom is -0.357 e. The molecule has 0 bridgehead atoms. The van der Waals surface area contributed by atoms with Crippen molar-refractivity contribution in [3.8, 4) is 0 Å². The minimum atomic E-state index is -0.266. The van der Waals surface area contributed by atoms with Crippen molar-refractivity contribution in [3.05, 3.63) is 59.7 Å². The summed E-state index contributed by atoms with van der Waals surface area (Å²) in [5.74, 6) is -0.0589. The monoisotopic (exact) mass is 371 g/mol. The summed E-state index contributed by atoms with van der Waals surface area (Å²) < 4.78 is 14.9. The number of halogens is 1. The molecule has 1 aromatic carbocycles. The van der Waals surface area contributed by atoms with Gasteiger partial charge in [0.2, 0.25) is 11.8 Å². The van der Waals surface area contributed by atoms with Crippen LogP contribution in [0.4, 0.5) is 4.39 Å². The molecule has 0 atom stereocenters. The lowest BCUT2D eigenvalue weighted by atomic mass is 10.1. The van der Waals surface area contributed by atoms with Gasteiger partial charge in [0.25, 0.3) is 0 Å². The molecule has 3 rings (SSSR count). The zero-order chi connectivity index (χ0) is 19.2. The van der Waals surface area contributed by atoms with Crippen LogP contribution in [0, 0.1) is 5.82 Å². The molecule has 0 radical (unpaired) electrons. The maximum absolute atomic E-state index is 13.0. The highest BCUT2D eigenvalue weighted by atomic mass is 19.1. The van der Waals surface area contributed by atoms with Gasteiger partial charge in [0, 0.05) is 52.0 Å². The van der Waals surface area contributed by atoms with Crippen molar-refractivity contribution in [1.29, 1.82) is 0 Å². The molecule has 2 aromatic rings. The van der Waals surface area contributed by atoms with E-state index in [1.165, 1.54) is 12.1 Å². The highest BCUT2D eigenvalue weighted by Gasteiger charge is 2.22. The van der Waals surface area contributed by atoms with Gasteiger partial charge in [-0.2, -0.15) is 0 Å². The molecule has 6 heteroatoms. The first kappa shape index (κ1) is 19.1. The number of carbonyl (C=O) groups excluding carboxylic acids is 2. The van der Waals surface area contributed by atoms with E-state index in [0.717, 1.165) is 17.5 Å². The fourth-order valence-electron chi connectivity index (χ4n) is 3.43. The van der Waals surface area contributed by atoms with E-state index < -0.39 is 0 Å². The molecule has 0 saturated carbocycles.